The molecule has 5 heteroatoms. The number of carbonyl (C=O) groups excluding carboxylic acids is 2. The van der Waals surface area contributed by atoms with Gasteiger partial charge in [-0.25, -0.2) is 0 Å². The summed E-state index contributed by atoms with van der Waals surface area (Å²) in [5.41, 5.74) is 0.933. The first-order valence-electron chi connectivity index (χ1n) is 8.07. The van der Waals surface area contributed by atoms with Crippen molar-refractivity contribution in [1.29, 1.82) is 0 Å². The lowest BCUT2D eigenvalue weighted by Crippen LogP contribution is -2.47. The van der Waals surface area contributed by atoms with Gasteiger partial charge in [0.2, 0.25) is 0 Å². The third-order valence-electron chi connectivity index (χ3n) is 3.31. The van der Waals surface area contributed by atoms with Gasteiger partial charge in [-0.3, -0.25) is 14.9 Å². The maximum absolute atomic E-state index is 12.3. The molecule has 128 valence electrons. The molecule has 1 aromatic rings. The number of ether oxygens (including phenoxy) is 2. The highest BCUT2D eigenvalue weighted by molar-refractivity contribution is 5.79. The molecule has 0 unspecified atom stereocenters. The van der Waals surface area contributed by atoms with Crippen LogP contribution in [0.25, 0.3) is 0 Å². The van der Waals surface area contributed by atoms with Gasteiger partial charge in [0.25, 0.3) is 0 Å². The molecule has 0 heterocycles. The lowest BCUT2D eigenvalue weighted by molar-refractivity contribution is -0.150. The third-order valence-corrected chi connectivity index (χ3v) is 3.31. The lowest BCUT2D eigenvalue weighted by Gasteiger charge is -2.22. The van der Waals surface area contributed by atoms with Crippen LogP contribution in [0.5, 0.6) is 0 Å². The summed E-state index contributed by atoms with van der Waals surface area (Å²) in [6.07, 6.45) is 0.595. The average molecular weight is 321 g/mol. The number of benzene rings is 1. The monoisotopic (exact) mass is 321 g/mol. The summed E-state index contributed by atoms with van der Waals surface area (Å²) < 4.78 is 10.3. The highest BCUT2D eigenvalue weighted by Gasteiger charge is 2.26. The van der Waals surface area contributed by atoms with Crippen molar-refractivity contribution in [2.75, 3.05) is 6.61 Å². The molecule has 1 rings (SSSR count). The van der Waals surface area contributed by atoms with E-state index in [-0.39, 0.29) is 18.5 Å². The van der Waals surface area contributed by atoms with E-state index < -0.39 is 12.1 Å². The molecule has 0 radical (unpaired) electrons. The van der Waals surface area contributed by atoms with E-state index in [1.807, 2.05) is 44.2 Å². The Morgan fingerprint density at radius 1 is 1.04 bits per heavy atom. The molecule has 0 aliphatic carbocycles. The van der Waals surface area contributed by atoms with Crippen LogP contribution in [-0.2, 0) is 25.7 Å². The van der Waals surface area contributed by atoms with Crippen LogP contribution in [0.4, 0.5) is 0 Å². The van der Waals surface area contributed by atoms with E-state index in [0.29, 0.717) is 18.9 Å². The highest BCUT2D eigenvalue weighted by atomic mass is 16.5. The van der Waals surface area contributed by atoms with Crippen LogP contribution in [0, 0.1) is 5.92 Å². The van der Waals surface area contributed by atoms with E-state index in [4.69, 9.17) is 9.47 Å². The van der Waals surface area contributed by atoms with Crippen LogP contribution in [0.2, 0.25) is 0 Å². The molecular weight excluding hydrogens is 294 g/mol. The Kier molecular flexibility index (Phi) is 8.33. The van der Waals surface area contributed by atoms with Gasteiger partial charge in [0.15, 0.2) is 0 Å². The van der Waals surface area contributed by atoms with Gasteiger partial charge in [0.05, 0.1) is 6.61 Å². The fourth-order valence-electron chi connectivity index (χ4n) is 2.17. The van der Waals surface area contributed by atoms with E-state index in [9.17, 15) is 9.59 Å². The quantitative estimate of drug-likeness (QED) is 0.708. The molecule has 5 nitrogen and oxygen atoms in total. The number of nitrogens with one attached hydrogen (secondary N) is 1. The molecule has 1 N–H and O–H groups in total. The summed E-state index contributed by atoms with van der Waals surface area (Å²) >= 11 is 0. The molecule has 0 spiro atoms. The summed E-state index contributed by atoms with van der Waals surface area (Å²) in [6, 6.07) is 8.43. The van der Waals surface area contributed by atoms with Gasteiger partial charge >= 0.3 is 11.9 Å². The highest BCUT2D eigenvalue weighted by Crippen LogP contribution is 2.10. The zero-order valence-electron chi connectivity index (χ0n) is 14.4. The van der Waals surface area contributed by atoms with Crippen molar-refractivity contribution in [3.8, 4) is 0 Å². The summed E-state index contributed by atoms with van der Waals surface area (Å²) in [5, 5.41) is 3.02. The number of rotatable bonds is 9. The van der Waals surface area contributed by atoms with E-state index in [0.717, 1.165) is 5.56 Å². The van der Waals surface area contributed by atoms with Gasteiger partial charge in [-0.05, 0) is 31.7 Å². The van der Waals surface area contributed by atoms with Crippen molar-refractivity contribution in [2.45, 2.75) is 52.8 Å². The minimum absolute atomic E-state index is 0.226. The van der Waals surface area contributed by atoms with Crippen LogP contribution in [0.15, 0.2) is 30.3 Å². The summed E-state index contributed by atoms with van der Waals surface area (Å²) in [7, 11) is 0. The largest absolute Gasteiger partial charge is 0.465 e. The SMILES string of the molecule is CCOC(=O)[C@@H](C)N[C@@H](CC(C)C)C(=O)OCc1ccccc1. The van der Waals surface area contributed by atoms with Crippen LogP contribution in [0.1, 0.15) is 39.7 Å². The molecule has 0 bridgehead atoms. The Bertz CT molecular complexity index is 487. The maximum Gasteiger partial charge on any atom is 0.323 e. The second kappa shape index (κ2) is 10.0. The van der Waals surface area contributed by atoms with Crippen molar-refractivity contribution in [2.24, 2.45) is 5.92 Å². The first-order valence-corrected chi connectivity index (χ1v) is 8.07. The van der Waals surface area contributed by atoms with E-state index in [1.165, 1.54) is 0 Å². The Balaban J connectivity index is 2.61. The summed E-state index contributed by atoms with van der Waals surface area (Å²) in [4.78, 5) is 24.1. The average Bonchev–Trinajstić information content (AvgIpc) is 2.52. The van der Waals surface area contributed by atoms with Crippen molar-refractivity contribution in [3.63, 3.8) is 0 Å². The molecular formula is C18H27NO4. The Hall–Kier alpha value is -1.88. The predicted molar refractivity (Wildman–Crippen MR) is 88.7 cm³/mol. The maximum atomic E-state index is 12.3. The Morgan fingerprint density at radius 3 is 2.26 bits per heavy atom. The number of carbonyl (C=O) groups is 2. The molecule has 1 aromatic carbocycles. The molecule has 0 aliphatic heterocycles. The zero-order chi connectivity index (χ0) is 17.2. The first-order chi connectivity index (χ1) is 10.9. The predicted octanol–water partition coefficient (Wildman–Crippen LogP) is 2.69. The number of hydrogen-bond acceptors (Lipinski definition) is 5. The van der Waals surface area contributed by atoms with Gasteiger partial charge in [-0.2, -0.15) is 0 Å². The van der Waals surface area contributed by atoms with Crippen LogP contribution in [-0.4, -0.2) is 30.6 Å². The molecule has 0 aromatic heterocycles. The van der Waals surface area contributed by atoms with Crippen molar-refractivity contribution in [3.05, 3.63) is 35.9 Å². The lowest BCUT2D eigenvalue weighted by atomic mass is 10.0. The Morgan fingerprint density at radius 2 is 1.70 bits per heavy atom. The fraction of sp³-hybridized carbons (Fsp3) is 0.556. The van der Waals surface area contributed by atoms with Crippen molar-refractivity contribution >= 4 is 11.9 Å². The topological polar surface area (TPSA) is 64.6 Å². The number of hydrogen-bond donors (Lipinski definition) is 1. The summed E-state index contributed by atoms with van der Waals surface area (Å²) in [5.74, 6) is -0.415. The fourth-order valence-corrected chi connectivity index (χ4v) is 2.17. The molecule has 23 heavy (non-hydrogen) atoms. The number of esters is 2. The van der Waals surface area contributed by atoms with Crippen molar-refractivity contribution < 1.29 is 19.1 Å². The molecule has 0 saturated carbocycles. The molecule has 0 aliphatic rings. The normalized spacial score (nSPS) is 13.4. The van der Waals surface area contributed by atoms with E-state index in [2.05, 4.69) is 5.32 Å². The van der Waals surface area contributed by atoms with Gasteiger partial charge in [0.1, 0.15) is 18.7 Å². The van der Waals surface area contributed by atoms with E-state index in [1.54, 1.807) is 13.8 Å². The van der Waals surface area contributed by atoms with Crippen LogP contribution >= 0.6 is 0 Å². The Labute approximate surface area is 138 Å². The van der Waals surface area contributed by atoms with Gasteiger partial charge < -0.3 is 9.47 Å². The van der Waals surface area contributed by atoms with Gasteiger partial charge in [-0.15, -0.1) is 0 Å². The van der Waals surface area contributed by atoms with Crippen molar-refractivity contribution in [1.82, 2.24) is 5.32 Å². The van der Waals surface area contributed by atoms with Crippen LogP contribution < -0.4 is 5.32 Å². The molecule has 2 atom stereocenters. The third kappa shape index (κ3) is 7.28. The van der Waals surface area contributed by atoms with Gasteiger partial charge in [0, 0.05) is 0 Å². The molecule has 0 saturated heterocycles. The minimum atomic E-state index is -0.553. The zero-order valence-corrected chi connectivity index (χ0v) is 14.4. The summed E-state index contributed by atoms with van der Waals surface area (Å²) in [6.45, 7) is 8.03. The minimum Gasteiger partial charge on any atom is -0.465 e. The first kappa shape index (κ1) is 19.2. The molecule has 0 amide bonds. The smallest absolute Gasteiger partial charge is 0.323 e. The molecule has 0 fully saturated rings. The standard InChI is InChI=1S/C18H27NO4/c1-5-22-17(20)14(4)19-16(11-13(2)3)18(21)23-12-15-9-7-6-8-10-15/h6-10,13-14,16,19H,5,11-12H2,1-4H3/t14-,16+/m1/s1. The second-order valence-corrected chi connectivity index (χ2v) is 5.92. The van der Waals surface area contributed by atoms with Crippen LogP contribution in [0.3, 0.4) is 0 Å². The second-order valence-electron chi connectivity index (χ2n) is 5.92. The van der Waals surface area contributed by atoms with Gasteiger partial charge in [-0.1, -0.05) is 44.2 Å². The van der Waals surface area contributed by atoms with E-state index >= 15 is 0 Å².